The normalized spacial score (nSPS) is 9.27. The molecule has 0 saturated carbocycles. The second-order valence-electron chi connectivity index (χ2n) is 2.56. The Kier molecular flexibility index (Phi) is 5.54. The maximum atomic E-state index is 4.22. The number of aromatic nitrogens is 2. The fraction of sp³-hybridized carbons (Fsp3) is 0.625. The number of hydrogen-bond acceptors (Lipinski definition) is 1. The van der Waals surface area contributed by atoms with Crippen molar-refractivity contribution in [1.29, 1.82) is 0 Å². The molecule has 0 radical (unpaired) electrons. The maximum absolute atomic E-state index is 4.22. The van der Waals surface area contributed by atoms with Gasteiger partial charge < -0.3 is 4.57 Å². The second-order valence-corrected chi connectivity index (χ2v) is 2.56. The molecule has 0 bridgehead atoms. The lowest BCUT2D eigenvalue weighted by Gasteiger charge is -1.97. The summed E-state index contributed by atoms with van der Waals surface area (Å²) in [4.78, 5) is 4.22. The van der Waals surface area contributed by atoms with Crippen molar-refractivity contribution < 1.29 is 0 Å². The zero-order chi connectivity index (χ0) is 7.40. The van der Waals surface area contributed by atoms with E-state index in [9.17, 15) is 0 Å². The quantitative estimate of drug-likeness (QED) is 0.768. The van der Waals surface area contributed by atoms with E-state index < -0.39 is 0 Å². The van der Waals surface area contributed by atoms with Gasteiger partial charge in [-0.1, -0.05) is 13.3 Å². The third-order valence-electron chi connectivity index (χ3n) is 1.67. The van der Waals surface area contributed by atoms with E-state index in [0.29, 0.717) is 0 Å². The van der Waals surface area contributed by atoms with Crippen LogP contribution in [0.3, 0.4) is 0 Å². The molecule has 0 spiro atoms. The molecule has 1 heterocycles. The molecule has 0 unspecified atom stereocenters. The summed E-state index contributed by atoms with van der Waals surface area (Å²) in [5, 5.41) is 0. The zero-order valence-electron chi connectivity index (χ0n) is 7.08. The Bertz CT molecular complexity index is 196. The van der Waals surface area contributed by atoms with Crippen molar-refractivity contribution in [2.75, 3.05) is 0 Å². The van der Waals surface area contributed by atoms with Gasteiger partial charge in [-0.05, 0) is 6.42 Å². The second kappa shape index (κ2) is 5.57. The number of hydrogen-bond donors (Lipinski definition) is 0. The summed E-state index contributed by atoms with van der Waals surface area (Å²) in [6.45, 7) is 2.20. The van der Waals surface area contributed by atoms with Gasteiger partial charge in [-0.3, -0.25) is 0 Å². The van der Waals surface area contributed by atoms with Crippen molar-refractivity contribution in [2.24, 2.45) is 7.05 Å². The molecular weight excluding hydrogens is 251 g/mol. The molecule has 1 aromatic heterocycles. The average Bonchev–Trinajstić information content (AvgIpc) is 2.31. The Hall–Kier alpha value is -0.0600. The number of unbranched alkanes of at least 4 members (excludes halogenated alkanes) is 1. The number of aryl methyl sites for hydroxylation is 2. The van der Waals surface area contributed by atoms with Gasteiger partial charge in [-0.15, -0.1) is 24.0 Å². The van der Waals surface area contributed by atoms with Gasteiger partial charge >= 0.3 is 0 Å². The molecule has 0 aliphatic heterocycles. The summed E-state index contributed by atoms with van der Waals surface area (Å²) in [6, 6.07) is 0. The standard InChI is InChI=1S/C8H14N2.HI/c1-3-4-5-8-9-6-7-10(8)2;/h6-7H,3-5H2,1-2H3;1H. The van der Waals surface area contributed by atoms with Gasteiger partial charge in [-0.2, -0.15) is 0 Å². The number of imidazole rings is 1. The van der Waals surface area contributed by atoms with Crippen LogP contribution in [0.25, 0.3) is 0 Å². The predicted molar refractivity (Wildman–Crippen MR) is 57.2 cm³/mol. The molecule has 0 fully saturated rings. The summed E-state index contributed by atoms with van der Waals surface area (Å²) in [7, 11) is 2.04. The van der Waals surface area contributed by atoms with Crippen LogP contribution in [0.15, 0.2) is 12.4 Å². The molecule has 0 amide bonds. The highest BCUT2D eigenvalue weighted by molar-refractivity contribution is 14.0. The van der Waals surface area contributed by atoms with Crippen LogP contribution in [0.2, 0.25) is 0 Å². The van der Waals surface area contributed by atoms with Gasteiger partial charge in [0.2, 0.25) is 0 Å². The summed E-state index contributed by atoms with van der Waals surface area (Å²) in [6.07, 6.45) is 7.44. The Morgan fingerprint density at radius 2 is 2.27 bits per heavy atom. The van der Waals surface area contributed by atoms with E-state index in [1.807, 2.05) is 19.4 Å². The third kappa shape index (κ3) is 3.22. The van der Waals surface area contributed by atoms with Crippen molar-refractivity contribution in [3.8, 4) is 0 Å². The molecule has 0 aromatic carbocycles. The lowest BCUT2D eigenvalue weighted by Crippen LogP contribution is -1.96. The van der Waals surface area contributed by atoms with Gasteiger partial charge in [0.25, 0.3) is 0 Å². The minimum absolute atomic E-state index is 0. The van der Waals surface area contributed by atoms with Crippen LogP contribution in [-0.2, 0) is 13.5 Å². The molecule has 64 valence electrons. The van der Waals surface area contributed by atoms with E-state index in [2.05, 4.69) is 16.5 Å². The smallest absolute Gasteiger partial charge is 0.108 e. The number of nitrogens with zero attached hydrogens (tertiary/aromatic N) is 2. The van der Waals surface area contributed by atoms with Crippen LogP contribution in [0.1, 0.15) is 25.6 Å². The summed E-state index contributed by atoms with van der Waals surface area (Å²) >= 11 is 0. The highest BCUT2D eigenvalue weighted by atomic mass is 127. The molecule has 0 atom stereocenters. The van der Waals surface area contributed by atoms with Crippen LogP contribution in [0.5, 0.6) is 0 Å². The molecule has 0 aliphatic rings. The van der Waals surface area contributed by atoms with Crippen LogP contribution in [0, 0.1) is 0 Å². The highest BCUT2D eigenvalue weighted by Gasteiger charge is 1.95. The van der Waals surface area contributed by atoms with Gasteiger partial charge in [-0.25, -0.2) is 4.98 Å². The molecule has 3 heteroatoms. The van der Waals surface area contributed by atoms with Gasteiger partial charge in [0, 0.05) is 25.9 Å². The van der Waals surface area contributed by atoms with Crippen LogP contribution in [-0.4, -0.2) is 9.55 Å². The van der Waals surface area contributed by atoms with E-state index in [0.717, 1.165) is 6.42 Å². The van der Waals surface area contributed by atoms with Crippen LogP contribution in [0.4, 0.5) is 0 Å². The predicted octanol–water partition coefficient (Wildman–Crippen LogP) is 2.38. The minimum atomic E-state index is 0. The third-order valence-corrected chi connectivity index (χ3v) is 1.67. The first-order chi connectivity index (χ1) is 4.84. The van der Waals surface area contributed by atoms with Crippen molar-refractivity contribution in [1.82, 2.24) is 9.55 Å². The number of halogens is 1. The first-order valence-corrected chi connectivity index (χ1v) is 3.80. The van der Waals surface area contributed by atoms with Gasteiger partial charge in [0.1, 0.15) is 5.82 Å². The lowest BCUT2D eigenvalue weighted by molar-refractivity contribution is 0.712. The molecule has 1 aromatic rings. The Morgan fingerprint density at radius 1 is 1.55 bits per heavy atom. The average molecular weight is 266 g/mol. The van der Waals surface area contributed by atoms with E-state index in [1.165, 1.54) is 18.7 Å². The molecule has 2 nitrogen and oxygen atoms in total. The van der Waals surface area contributed by atoms with E-state index in [4.69, 9.17) is 0 Å². The largest absolute Gasteiger partial charge is 0.338 e. The Labute approximate surface area is 85.0 Å². The highest BCUT2D eigenvalue weighted by Crippen LogP contribution is 2.00. The first-order valence-electron chi connectivity index (χ1n) is 3.80. The van der Waals surface area contributed by atoms with Gasteiger partial charge in [0.05, 0.1) is 0 Å². The number of rotatable bonds is 3. The maximum Gasteiger partial charge on any atom is 0.108 e. The van der Waals surface area contributed by atoms with Crippen molar-refractivity contribution in [3.63, 3.8) is 0 Å². The summed E-state index contributed by atoms with van der Waals surface area (Å²) in [5.74, 6) is 1.20. The van der Waals surface area contributed by atoms with Crippen molar-refractivity contribution in [3.05, 3.63) is 18.2 Å². The van der Waals surface area contributed by atoms with Crippen LogP contribution < -0.4 is 0 Å². The molecule has 0 N–H and O–H groups in total. The van der Waals surface area contributed by atoms with Crippen LogP contribution >= 0.6 is 24.0 Å². The minimum Gasteiger partial charge on any atom is -0.338 e. The fourth-order valence-electron chi connectivity index (χ4n) is 0.972. The fourth-order valence-corrected chi connectivity index (χ4v) is 0.972. The van der Waals surface area contributed by atoms with Gasteiger partial charge in [0.15, 0.2) is 0 Å². The van der Waals surface area contributed by atoms with E-state index in [-0.39, 0.29) is 24.0 Å². The lowest BCUT2D eigenvalue weighted by atomic mass is 10.2. The molecule has 11 heavy (non-hydrogen) atoms. The Balaban J connectivity index is 0.000001000. The molecule has 0 aliphatic carbocycles. The summed E-state index contributed by atoms with van der Waals surface area (Å²) < 4.78 is 2.08. The van der Waals surface area contributed by atoms with Crippen molar-refractivity contribution in [2.45, 2.75) is 26.2 Å². The first kappa shape index (κ1) is 10.9. The monoisotopic (exact) mass is 266 g/mol. The molecule has 1 rings (SSSR count). The SMILES string of the molecule is CCCCc1nccn1C.I. The Morgan fingerprint density at radius 3 is 2.73 bits per heavy atom. The topological polar surface area (TPSA) is 17.8 Å². The van der Waals surface area contributed by atoms with E-state index in [1.54, 1.807) is 0 Å². The zero-order valence-corrected chi connectivity index (χ0v) is 9.41. The van der Waals surface area contributed by atoms with E-state index >= 15 is 0 Å². The summed E-state index contributed by atoms with van der Waals surface area (Å²) in [5.41, 5.74) is 0. The molecular formula is C8H15IN2. The van der Waals surface area contributed by atoms with Crippen molar-refractivity contribution >= 4 is 24.0 Å². The molecule has 0 saturated heterocycles.